The van der Waals surface area contributed by atoms with E-state index in [0.717, 1.165) is 119 Å². The molecule has 0 aliphatic rings. The standard InChI is InChI=1S/C74H52N4O6/c1-35(2)57-29-47(76-34-79)30-58(36(3)4)69(57)77-71(80)53-17-13-49-61-25-43-21-39-9-11-41-23-45-27-63-51-15-19-55-68-56(74(83)78(73(55)82)70-59(37(5)6)31-48(84-33-75)32-60(70)38(7)8)20-16-52(66(51)68)64(63)28-46(45)24-42(41)12-10-40(39)22-44(43)26-62(61)50-14-18-54(72(77)81)67(53)65(49)50/h9-32,35-38H,1-8H3. The fraction of sp³-hybridized carbons (Fsp3) is 0.162. The van der Waals surface area contributed by atoms with Crippen molar-refractivity contribution in [1.82, 2.24) is 9.13 Å². The van der Waals surface area contributed by atoms with Crippen LogP contribution < -0.4 is 27.0 Å². The van der Waals surface area contributed by atoms with Crippen LogP contribution in [0.2, 0.25) is 0 Å². The highest BCUT2D eigenvalue weighted by atomic mass is 16.5. The maximum Gasteiger partial charge on any atom is 0.292 e. The molecule has 0 unspecified atom stereocenters. The van der Waals surface area contributed by atoms with Crippen LogP contribution in [0.5, 0.6) is 5.75 Å². The molecule has 15 rings (SSSR count). The minimum absolute atomic E-state index is 0.0813. The Morgan fingerprint density at radius 2 is 0.631 bits per heavy atom. The Labute approximate surface area is 479 Å². The van der Waals surface area contributed by atoms with Crippen LogP contribution >= 0.6 is 0 Å². The van der Waals surface area contributed by atoms with Gasteiger partial charge in [-0.15, -0.1) is 5.26 Å². The first-order chi connectivity index (χ1) is 40.5. The number of benzene rings is 10. The van der Waals surface area contributed by atoms with Crippen molar-refractivity contribution in [3.8, 4) is 23.4 Å². The van der Waals surface area contributed by atoms with Gasteiger partial charge in [0.15, 0.2) is 0 Å². The molecule has 404 valence electrons. The summed E-state index contributed by atoms with van der Waals surface area (Å²) in [4.78, 5) is 74.9. The molecule has 0 bridgehead atoms. The summed E-state index contributed by atoms with van der Waals surface area (Å²) in [5, 5.41) is 31.1. The van der Waals surface area contributed by atoms with Gasteiger partial charge in [-0.1, -0.05) is 104 Å². The Kier molecular flexibility index (Phi) is 10.9. The van der Waals surface area contributed by atoms with Crippen LogP contribution in [0.15, 0.2) is 170 Å². The summed E-state index contributed by atoms with van der Waals surface area (Å²) >= 11 is 0. The third-order valence-electron chi connectivity index (χ3n) is 18.0. The highest BCUT2D eigenvalue weighted by molar-refractivity contribution is 6.38. The van der Waals surface area contributed by atoms with Crippen molar-refractivity contribution < 1.29 is 9.53 Å². The molecule has 0 aliphatic heterocycles. The van der Waals surface area contributed by atoms with E-state index < -0.39 is 0 Å². The largest absolute Gasteiger partial charge is 0.388 e. The van der Waals surface area contributed by atoms with Gasteiger partial charge in [-0.2, -0.15) is 4.99 Å². The fourth-order valence-electron chi connectivity index (χ4n) is 14.1. The van der Waals surface area contributed by atoms with Crippen LogP contribution in [0.1, 0.15) is 101 Å². The van der Waals surface area contributed by atoms with E-state index in [9.17, 15) is 29.2 Å². The predicted octanol–water partition coefficient (Wildman–Crippen LogP) is 17.2. The Morgan fingerprint density at radius 3 is 0.905 bits per heavy atom. The quantitative estimate of drug-likeness (QED) is 0.0838. The van der Waals surface area contributed by atoms with Gasteiger partial charge in [-0.25, -0.2) is 13.9 Å². The van der Waals surface area contributed by atoms with Gasteiger partial charge < -0.3 is 4.74 Å². The van der Waals surface area contributed by atoms with Gasteiger partial charge in [0.1, 0.15) is 5.75 Å². The van der Waals surface area contributed by atoms with Gasteiger partial charge in [0.2, 0.25) is 6.08 Å². The molecule has 15 aromatic rings. The normalized spacial score (nSPS) is 12.4. The lowest BCUT2D eigenvalue weighted by Gasteiger charge is -2.22. The van der Waals surface area contributed by atoms with E-state index in [0.29, 0.717) is 55.1 Å². The summed E-state index contributed by atoms with van der Waals surface area (Å²) in [6.07, 6.45) is 3.43. The van der Waals surface area contributed by atoms with Crippen molar-refractivity contribution in [2.45, 2.75) is 79.1 Å². The van der Waals surface area contributed by atoms with Crippen LogP contribution in [-0.4, -0.2) is 15.2 Å². The lowest BCUT2D eigenvalue weighted by Crippen LogP contribution is -2.33. The molecule has 10 heteroatoms. The number of rotatable bonds is 8. The SMILES string of the molecule is CC(C)c1cc(N=C=O)cc(C(C)C)c1-n1c(=O)c2ccc3c4cc5cc6ccc7cc8cc9c(cc8cc7ccc6cc5cc4c4ccc(c1=O)c2c34)c1ccc2c(=O)n(-c3c(C(C)C)cc(OC#N)cc3C(C)C)c(=O)c3ccc9c1c32. The minimum atomic E-state index is -0.379. The van der Waals surface area contributed by atoms with Crippen molar-refractivity contribution in [1.29, 1.82) is 5.26 Å². The smallest absolute Gasteiger partial charge is 0.292 e. The zero-order valence-electron chi connectivity index (χ0n) is 47.4. The molecule has 0 atom stereocenters. The average molecular weight is 1090 g/mol. The van der Waals surface area contributed by atoms with E-state index in [2.05, 4.69) is 77.8 Å². The molecular weight excluding hydrogens is 1040 g/mol. The lowest BCUT2D eigenvalue weighted by molar-refractivity contribution is 0.504. The summed E-state index contributed by atoms with van der Waals surface area (Å²) in [5.74, 6) is 0.0515. The second-order valence-corrected chi connectivity index (χ2v) is 24.1. The van der Waals surface area contributed by atoms with Crippen molar-refractivity contribution >= 4 is 141 Å². The van der Waals surface area contributed by atoms with E-state index in [1.807, 2.05) is 104 Å². The van der Waals surface area contributed by atoms with Crippen LogP contribution in [-0.2, 0) is 4.79 Å². The molecule has 0 amide bonds. The van der Waals surface area contributed by atoms with Gasteiger partial charge in [0, 0.05) is 32.3 Å². The van der Waals surface area contributed by atoms with E-state index in [-0.39, 0.29) is 45.9 Å². The molecule has 2 aromatic heterocycles. The first-order valence-electron chi connectivity index (χ1n) is 28.6. The van der Waals surface area contributed by atoms with Gasteiger partial charge in [0.25, 0.3) is 28.5 Å². The molecule has 84 heavy (non-hydrogen) atoms. The van der Waals surface area contributed by atoms with Gasteiger partial charge in [-0.05, 0) is 240 Å². The van der Waals surface area contributed by atoms with Gasteiger partial charge in [0.05, 0.1) is 17.1 Å². The third-order valence-corrected chi connectivity index (χ3v) is 18.0. The number of isocyanates is 1. The van der Waals surface area contributed by atoms with E-state index in [4.69, 9.17) is 4.74 Å². The number of aromatic nitrogens is 2. The monoisotopic (exact) mass is 1090 g/mol. The molecular formula is C74H52N4O6. The first kappa shape index (κ1) is 50.6. The fourth-order valence-corrected chi connectivity index (χ4v) is 14.1. The van der Waals surface area contributed by atoms with Crippen LogP contribution in [0.3, 0.4) is 0 Å². The highest BCUT2D eigenvalue weighted by Gasteiger charge is 2.28. The molecule has 0 saturated heterocycles. The van der Waals surface area contributed by atoms with E-state index >= 15 is 0 Å². The zero-order valence-corrected chi connectivity index (χ0v) is 47.4. The molecule has 13 aromatic carbocycles. The molecule has 0 saturated carbocycles. The zero-order chi connectivity index (χ0) is 58.0. The second kappa shape index (κ2) is 18.1. The minimum Gasteiger partial charge on any atom is -0.388 e. The van der Waals surface area contributed by atoms with Crippen LogP contribution in [0, 0.1) is 11.5 Å². The maximum absolute atomic E-state index is 14.9. The van der Waals surface area contributed by atoms with Gasteiger partial charge in [-0.3, -0.25) is 19.2 Å². The lowest BCUT2D eigenvalue weighted by atomic mass is 9.91. The summed E-state index contributed by atoms with van der Waals surface area (Å²) in [6.45, 7) is 16.0. The van der Waals surface area contributed by atoms with Crippen molar-refractivity contribution in [3.05, 3.63) is 209 Å². The summed E-state index contributed by atoms with van der Waals surface area (Å²) in [5.41, 5.74) is 3.04. The van der Waals surface area contributed by atoms with Crippen molar-refractivity contribution in [3.63, 3.8) is 0 Å². The van der Waals surface area contributed by atoms with Crippen molar-refractivity contribution in [2.75, 3.05) is 0 Å². The van der Waals surface area contributed by atoms with Crippen molar-refractivity contribution in [2.24, 2.45) is 4.99 Å². The molecule has 0 radical (unpaired) electrons. The summed E-state index contributed by atoms with van der Waals surface area (Å²) in [6, 6.07) is 49.3. The summed E-state index contributed by atoms with van der Waals surface area (Å²) in [7, 11) is 0. The molecule has 0 aliphatic carbocycles. The Hall–Kier alpha value is -10.3. The van der Waals surface area contributed by atoms with E-state index in [1.54, 1.807) is 36.6 Å². The Bertz CT molecular complexity index is 5520. The molecule has 0 fully saturated rings. The highest BCUT2D eigenvalue weighted by Crippen LogP contribution is 2.46. The third kappa shape index (κ3) is 7.03. The molecule has 10 nitrogen and oxygen atoms in total. The Balaban J connectivity index is 0.864. The average Bonchev–Trinajstić information content (AvgIpc) is 1.53. The van der Waals surface area contributed by atoms with Crippen LogP contribution in [0.4, 0.5) is 5.69 Å². The Morgan fingerprint density at radius 1 is 0.357 bits per heavy atom. The topological polar surface area (TPSA) is 141 Å². The number of fused-ring (bicyclic) bond motifs is 10. The van der Waals surface area contributed by atoms with E-state index in [1.165, 1.54) is 9.13 Å². The number of carbonyl (C=O) groups excluding carboxylic acids is 1. The van der Waals surface area contributed by atoms with Gasteiger partial charge >= 0.3 is 0 Å². The molecule has 0 N–H and O–H groups in total. The number of aliphatic imine (C=N–C) groups is 1. The number of pyridine rings is 2. The number of hydrogen-bond acceptors (Lipinski definition) is 8. The second-order valence-electron chi connectivity index (χ2n) is 24.1. The maximum atomic E-state index is 14.9. The number of hydrogen-bond donors (Lipinski definition) is 0. The van der Waals surface area contributed by atoms with Crippen LogP contribution in [0.25, 0.3) is 141 Å². The first-order valence-corrected chi connectivity index (χ1v) is 28.6. The summed E-state index contributed by atoms with van der Waals surface area (Å²) < 4.78 is 7.99. The number of ether oxygens (including phenoxy) is 1. The number of nitrogens with zero attached hydrogens (tertiary/aromatic N) is 4. The molecule has 0 spiro atoms. The number of nitriles is 1. The predicted molar refractivity (Wildman–Crippen MR) is 344 cm³/mol. The molecule has 2 heterocycles.